The van der Waals surface area contributed by atoms with Crippen molar-refractivity contribution in [1.29, 1.82) is 0 Å². The number of hydrogen-bond donors (Lipinski definition) is 0. The van der Waals surface area contributed by atoms with Crippen molar-refractivity contribution in [2.24, 2.45) is 5.41 Å². The summed E-state index contributed by atoms with van der Waals surface area (Å²) >= 11 is 0. The molecule has 0 radical (unpaired) electrons. The van der Waals surface area contributed by atoms with Crippen LogP contribution in [0.1, 0.15) is 31.9 Å². The van der Waals surface area contributed by atoms with Crippen LogP contribution in [-0.2, 0) is 13.1 Å². The zero-order valence-corrected chi connectivity index (χ0v) is 10.7. The SMILES string of the molecule is COc1cccc2c1CN(CC(C)(C)C)C2. The lowest BCUT2D eigenvalue weighted by Crippen LogP contribution is -2.28. The van der Waals surface area contributed by atoms with Gasteiger partial charge in [0.15, 0.2) is 0 Å². The second kappa shape index (κ2) is 4.10. The summed E-state index contributed by atoms with van der Waals surface area (Å²) in [5.41, 5.74) is 3.15. The molecule has 1 heterocycles. The third-order valence-electron chi connectivity index (χ3n) is 2.92. The fourth-order valence-corrected chi connectivity index (χ4v) is 2.43. The smallest absolute Gasteiger partial charge is 0.123 e. The minimum atomic E-state index is 0.356. The summed E-state index contributed by atoms with van der Waals surface area (Å²) in [7, 11) is 1.75. The van der Waals surface area contributed by atoms with Crippen molar-refractivity contribution in [2.45, 2.75) is 33.9 Å². The Morgan fingerprint density at radius 1 is 1.25 bits per heavy atom. The number of nitrogens with zero attached hydrogens (tertiary/aromatic N) is 1. The fourth-order valence-electron chi connectivity index (χ4n) is 2.43. The molecule has 1 aromatic rings. The summed E-state index contributed by atoms with van der Waals surface area (Å²) in [6, 6.07) is 6.35. The van der Waals surface area contributed by atoms with Crippen molar-refractivity contribution in [2.75, 3.05) is 13.7 Å². The summed E-state index contributed by atoms with van der Waals surface area (Å²) in [4.78, 5) is 2.49. The van der Waals surface area contributed by atoms with Crippen LogP contribution in [0.5, 0.6) is 5.75 Å². The number of methoxy groups -OCH3 is 1. The maximum absolute atomic E-state index is 5.41. The van der Waals surface area contributed by atoms with Gasteiger partial charge in [0.1, 0.15) is 5.75 Å². The van der Waals surface area contributed by atoms with E-state index in [0.29, 0.717) is 5.41 Å². The molecule has 0 aliphatic carbocycles. The summed E-state index contributed by atoms with van der Waals surface area (Å²) < 4.78 is 5.41. The Kier molecular flexibility index (Phi) is 2.94. The largest absolute Gasteiger partial charge is 0.496 e. The van der Waals surface area contributed by atoms with E-state index in [2.05, 4.69) is 43.9 Å². The molecule has 0 saturated carbocycles. The average Bonchev–Trinajstić information content (AvgIpc) is 2.56. The second-order valence-electron chi connectivity index (χ2n) is 5.80. The first kappa shape index (κ1) is 11.5. The molecular weight excluding hydrogens is 198 g/mol. The van der Waals surface area contributed by atoms with Crippen molar-refractivity contribution in [3.8, 4) is 5.75 Å². The summed E-state index contributed by atoms with van der Waals surface area (Å²) in [5.74, 6) is 1.04. The number of benzene rings is 1. The Morgan fingerprint density at radius 2 is 2.00 bits per heavy atom. The lowest BCUT2D eigenvalue weighted by Gasteiger charge is -2.25. The van der Waals surface area contributed by atoms with Crippen molar-refractivity contribution in [1.82, 2.24) is 4.90 Å². The lowest BCUT2D eigenvalue weighted by molar-refractivity contribution is 0.192. The summed E-state index contributed by atoms with van der Waals surface area (Å²) in [6.07, 6.45) is 0. The second-order valence-corrected chi connectivity index (χ2v) is 5.80. The zero-order valence-electron chi connectivity index (χ0n) is 10.7. The molecule has 0 saturated heterocycles. The minimum absolute atomic E-state index is 0.356. The Morgan fingerprint density at radius 3 is 2.62 bits per heavy atom. The highest BCUT2D eigenvalue weighted by Gasteiger charge is 2.25. The van der Waals surface area contributed by atoms with Crippen LogP contribution in [-0.4, -0.2) is 18.6 Å². The fraction of sp³-hybridized carbons (Fsp3) is 0.571. The molecule has 0 unspecified atom stereocenters. The molecule has 16 heavy (non-hydrogen) atoms. The monoisotopic (exact) mass is 219 g/mol. The number of ether oxygens (including phenoxy) is 1. The normalized spacial score (nSPS) is 16.2. The molecule has 1 aliphatic heterocycles. The molecule has 2 nitrogen and oxygen atoms in total. The van der Waals surface area contributed by atoms with Gasteiger partial charge in [0.05, 0.1) is 7.11 Å². The number of rotatable bonds is 2. The predicted octanol–water partition coefficient (Wildman–Crippen LogP) is 3.06. The van der Waals surface area contributed by atoms with E-state index in [4.69, 9.17) is 4.74 Å². The lowest BCUT2D eigenvalue weighted by atomic mass is 9.96. The molecule has 1 aromatic carbocycles. The molecular formula is C14H21NO. The van der Waals surface area contributed by atoms with Gasteiger partial charge in [-0.15, -0.1) is 0 Å². The van der Waals surface area contributed by atoms with E-state index in [1.54, 1.807) is 7.11 Å². The Balaban J connectivity index is 2.15. The van der Waals surface area contributed by atoms with E-state index in [-0.39, 0.29) is 0 Å². The first-order chi connectivity index (χ1) is 7.49. The van der Waals surface area contributed by atoms with E-state index >= 15 is 0 Å². The van der Waals surface area contributed by atoms with Crippen LogP contribution in [0.3, 0.4) is 0 Å². The van der Waals surface area contributed by atoms with E-state index in [0.717, 1.165) is 25.4 Å². The average molecular weight is 219 g/mol. The molecule has 0 N–H and O–H groups in total. The van der Waals surface area contributed by atoms with Crippen molar-refractivity contribution in [3.63, 3.8) is 0 Å². The Labute approximate surface area is 98.2 Å². The number of fused-ring (bicyclic) bond motifs is 1. The quantitative estimate of drug-likeness (QED) is 0.758. The Bertz CT molecular complexity index is 379. The first-order valence-electron chi connectivity index (χ1n) is 5.87. The van der Waals surface area contributed by atoms with Crippen molar-refractivity contribution in [3.05, 3.63) is 29.3 Å². The highest BCUT2D eigenvalue weighted by Crippen LogP contribution is 2.32. The van der Waals surface area contributed by atoms with Gasteiger partial charge in [0, 0.05) is 25.2 Å². The van der Waals surface area contributed by atoms with E-state index in [1.165, 1.54) is 11.1 Å². The number of hydrogen-bond acceptors (Lipinski definition) is 2. The van der Waals surface area contributed by atoms with Gasteiger partial charge >= 0.3 is 0 Å². The molecule has 88 valence electrons. The molecule has 0 fully saturated rings. The first-order valence-corrected chi connectivity index (χ1v) is 5.87. The van der Waals surface area contributed by atoms with Gasteiger partial charge in [-0.2, -0.15) is 0 Å². The van der Waals surface area contributed by atoms with E-state index in [9.17, 15) is 0 Å². The van der Waals surface area contributed by atoms with Crippen molar-refractivity contribution < 1.29 is 4.74 Å². The van der Waals surface area contributed by atoms with Gasteiger partial charge in [0.2, 0.25) is 0 Å². The zero-order chi connectivity index (χ0) is 11.8. The van der Waals surface area contributed by atoms with Gasteiger partial charge in [-0.3, -0.25) is 4.90 Å². The van der Waals surface area contributed by atoms with Crippen LogP contribution in [0.4, 0.5) is 0 Å². The maximum atomic E-state index is 5.41. The minimum Gasteiger partial charge on any atom is -0.496 e. The van der Waals surface area contributed by atoms with Crippen LogP contribution in [0.15, 0.2) is 18.2 Å². The van der Waals surface area contributed by atoms with Gasteiger partial charge in [-0.1, -0.05) is 32.9 Å². The van der Waals surface area contributed by atoms with Gasteiger partial charge < -0.3 is 4.74 Å². The molecule has 2 rings (SSSR count). The van der Waals surface area contributed by atoms with Crippen LogP contribution >= 0.6 is 0 Å². The van der Waals surface area contributed by atoms with E-state index in [1.807, 2.05) is 0 Å². The summed E-state index contributed by atoms with van der Waals surface area (Å²) in [6.45, 7) is 10.1. The highest BCUT2D eigenvalue weighted by molar-refractivity contribution is 5.42. The third-order valence-corrected chi connectivity index (χ3v) is 2.92. The van der Waals surface area contributed by atoms with Gasteiger partial charge in [0.25, 0.3) is 0 Å². The van der Waals surface area contributed by atoms with Crippen LogP contribution < -0.4 is 4.74 Å². The summed E-state index contributed by atoms with van der Waals surface area (Å²) in [5, 5.41) is 0. The van der Waals surface area contributed by atoms with Crippen molar-refractivity contribution >= 4 is 0 Å². The molecule has 0 bridgehead atoms. The molecule has 0 amide bonds. The molecule has 0 atom stereocenters. The Hall–Kier alpha value is -1.02. The van der Waals surface area contributed by atoms with Crippen LogP contribution in [0, 0.1) is 5.41 Å². The highest BCUT2D eigenvalue weighted by atomic mass is 16.5. The van der Waals surface area contributed by atoms with Gasteiger partial charge in [-0.05, 0) is 17.0 Å². The third kappa shape index (κ3) is 2.38. The molecule has 0 spiro atoms. The molecule has 1 aliphatic rings. The standard InChI is InChI=1S/C14H21NO/c1-14(2,3)10-15-8-11-6-5-7-13(16-4)12(11)9-15/h5-7H,8-10H2,1-4H3. The van der Waals surface area contributed by atoms with Gasteiger partial charge in [-0.25, -0.2) is 0 Å². The van der Waals surface area contributed by atoms with E-state index < -0.39 is 0 Å². The predicted molar refractivity (Wildman–Crippen MR) is 66.6 cm³/mol. The molecule has 2 heteroatoms. The molecule has 0 aromatic heterocycles. The van der Waals surface area contributed by atoms with Crippen LogP contribution in [0.2, 0.25) is 0 Å². The maximum Gasteiger partial charge on any atom is 0.123 e. The topological polar surface area (TPSA) is 12.5 Å². The van der Waals surface area contributed by atoms with Crippen LogP contribution in [0.25, 0.3) is 0 Å².